The summed E-state index contributed by atoms with van der Waals surface area (Å²) in [4.78, 5) is 4.16. The lowest BCUT2D eigenvalue weighted by Gasteiger charge is -2.03. The molecule has 0 spiro atoms. The van der Waals surface area contributed by atoms with Gasteiger partial charge in [-0.3, -0.25) is 4.98 Å². The van der Waals surface area contributed by atoms with Crippen LogP contribution >= 0.6 is 0 Å². The van der Waals surface area contributed by atoms with Crippen LogP contribution in [0.25, 0.3) is 0 Å². The Hall–Kier alpha value is -1.05. The number of hydrogen-bond donors (Lipinski definition) is 0. The summed E-state index contributed by atoms with van der Waals surface area (Å²) in [6, 6.07) is 2.03. The van der Waals surface area contributed by atoms with Crippen molar-refractivity contribution in [2.75, 3.05) is 0 Å². The maximum Gasteiger partial charge on any atom is 0.144 e. The third-order valence-corrected chi connectivity index (χ3v) is 1.99. The van der Waals surface area contributed by atoms with Crippen molar-refractivity contribution < 1.29 is 4.74 Å². The minimum absolute atomic E-state index is 0.327. The summed E-state index contributed by atoms with van der Waals surface area (Å²) in [7, 11) is 0. The largest absolute Gasteiger partial charge is 0.488 e. The summed E-state index contributed by atoms with van der Waals surface area (Å²) in [6.45, 7) is 4.07. The second-order valence-electron chi connectivity index (χ2n) is 3.02. The lowest BCUT2D eigenvalue weighted by Crippen LogP contribution is -2.05. The van der Waals surface area contributed by atoms with Crippen LogP contribution in [0.4, 0.5) is 0 Å². The number of ether oxygens (including phenoxy) is 1. The average molecular weight is 149 g/mol. The van der Waals surface area contributed by atoms with E-state index in [9.17, 15) is 0 Å². The molecule has 2 heteroatoms. The molecule has 0 bridgehead atoms. The molecule has 0 aliphatic carbocycles. The molecule has 1 aromatic rings. The van der Waals surface area contributed by atoms with Gasteiger partial charge in [-0.2, -0.15) is 0 Å². The molecule has 2 heterocycles. The van der Waals surface area contributed by atoms with Crippen LogP contribution < -0.4 is 4.74 Å². The topological polar surface area (TPSA) is 22.1 Å². The molecule has 58 valence electrons. The van der Waals surface area contributed by atoms with E-state index in [0.29, 0.717) is 6.10 Å². The molecule has 1 aliphatic heterocycles. The number of fused-ring (bicyclic) bond motifs is 1. The number of aryl methyl sites for hydroxylation is 1. The zero-order valence-electron chi connectivity index (χ0n) is 6.79. The van der Waals surface area contributed by atoms with Gasteiger partial charge in [0.05, 0.1) is 5.69 Å². The molecule has 0 aromatic carbocycles. The van der Waals surface area contributed by atoms with E-state index in [1.807, 2.05) is 19.2 Å². The Labute approximate surface area is 66.2 Å². The molecule has 2 rings (SSSR count). The maximum absolute atomic E-state index is 5.58. The van der Waals surface area contributed by atoms with Crippen molar-refractivity contribution in [2.45, 2.75) is 26.4 Å². The number of aromatic nitrogens is 1. The molecule has 0 radical (unpaired) electrons. The van der Waals surface area contributed by atoms with Crippen molar-refractivity contribution in [2.24, 2.45) is 0 Å². The second-order valence-corrected chi connectivity index (χ2v) is 3.02. The zero-order chi connectivity index (χ0) is 7.84. The van der Waals surface area contributed by atoms with Crippen LogP contribution in [0.3, 0.4) is 0 Å². The van der Waals surface area contributed by atoms with Crippen LogP contribution in [0.15, 0.2) is 12.3 Å². The Morgan fingerprint density at radius 3 is 3.18 bits per heavy atom. The first-order valence-electron chi connectivity index (χ1n) is 3.88. The van der Waals surface area contributed by atoms with Crippen LogP contribution in [0.1, 0.15) is 18.2 Å². The molecule has 0 N–H and O–H groups in total. The summed E-state index contributed by atoms with van der Waals surface area (Å²) in [6.07, 6.45) is 3.20. The molecule has 0 fully saturated rings. The highest BCUT2D eigenvalue weighted by molar-refractivity contribution is 5.39. The lowest BCUT2D eigenvalue weighted by atomic mass is 10.1. The van der Waals surface area contributed by atoms with Crippen molar-refractivity contribution >= 4 is 0 Å². The summed E-state index contributed by atoms with van der Waals surface area (Å²) in [5.74, 6) is 1.00. The van der Waals surface area contributed by atoms with Crippen molar-refractivity contribution in [3.8, 4) is 5.75 Å². The maximum atomic E-state index is 5.58. The molecule has 0 saturated heterocycles. The fourth-order valence-corrected chi connectivity index (χ4v) is 1.48. The summed E-state index contributed by atoms with van der Waals surface area (Å²) in [5.41, 5.74) is 2.30. The fraction of sp³-hybridized carbons (Fsp3) is 0.444. The van der Waals surface area contributed by atoms with Crippen molar-refractivity contribution in [1.29, 1.82) is 0 Å². The zero-order valence-corrected chi connectivity index (χ0v) is 6.79. The van der Waals surface area contributed by atoms with E-state index in [1.54, 1.807) is 0 Å². The second kappa shape index (κ2) is 2.22. The Bertz CT molecular complexity index is 283. The van der Waals surface area contributed by atoms with Crippen LogP contribution in [0.5, 0.6) is 5.75 Å². The number of rotatable bonds is 0. The minimum Gasteiger partial charge on any atom is -0.488 e. The lowest BCUT2D eigenvalue weighted by molar-refractivity contribution is 0.252. The van der Waals surface area contributed by atoms with Gasteiger partial charge < -0.3 is 4.74 Å². The molecule has 0 amide bonds. The molecule has 0 unspecified atom stereocenters. The van der Waals surface area contributed by atoms with Gasteiger partial charge in [0.2, 0.25) is 0 Å². The first-order valence-corrected chi connectivity index (χ1v) is 3.88. The smallest absolute Gasteiger partial charge is 0.144 e. The first-order chi connectivity index (χ1) is 5.27. The van der Waals surface area contributed by atoms with E-state index in [-0.39, 0.29) is 0 Å². The number of pyridine rings is 1. The van der Waals surface area contributed by atoms with E-state index < -0.39 is 0 Å². The predicted octanol–water partition coefficient (Wildman–Crippen LogP) is 1.71. The molecule has 2 nitrogen and oxygen atoms in total. The van der Waals surface area contributed by atoms with Crippen LogP contribution in [-0.4, -0.2) is 11.1 Å². The standard InChI is InChI=1S/C9H11NO/c1-6-5-8-3-4-10-7(2)9(8)11-6/h3-4,6H,5H2,1-2H3/t6-/m0/s1. The molecular formula is C9H11NO. The summed E-state index contributed by atoms with van der Waals surface area (Å²) >= 11 is 0. The molecule has 0 saturated carbocycles. The molecule has 1 atom stereocenters. The van der Waals surface area contributed by atoms with E-state index in [1.165, 1.54) is 5.56 Å². The first kappa shape index (κ1) is 6.65. The van der Waals surface area contributed by atoms with Crippen LogP contribution in [-0.2, 0) is 6.42 Å². The molecule has 1 aliphatic rings. The highest BCUT2D eigenvalue weighted by Crippen LogP contribution is 2.30. The van der Waals surface area contributed by atoms with Gasteiger partial charge in [-0.1, -0.05) is 0 Å². The highest BCUT2D eigenvalue weighted by Gasteiger charge is 2.20. The normalized spacial score (nSPS) is 21.1. The van der Waals surface area contributed by atoms with Crippen molar-refractivity contribution in [3.05, 3.63) is 23.5 Å². The van der Waals surface area contributed by atoms with Gasteiger partial charge >= 0.3 is 0 Å². The van der Waals surface area contributed by atoms with E-state index >= 15 is 0 Å². The van der Waals surface area contributed by atoms with Gasteiger partial charge in [-0.25, -0.2) is 0 Å². The van der Waals surface area contributed by atoms with Gasteiger partial charge in [0.15, 0.2) is 0 Å². The van der Waals surface area contributed by atoms with Gasteiger partial charge in [-0.05, 0) is 19.9 Å². The van der Waals surface area contributed by atoms with Gasteiger partial charge in [-0.15, -0.1) is 0 Å². The molecule has 1 aromatic heterocycles. The summed E-state index contributed by atoms with van der Waals surface area (Å²) in [5, 5.41) is 0. The van der Waals surface area contributed by atoms with E-state index in [2.05, 4.69) is 11.9 Å². The van der Waals surface area contributed by atoms with Crippen molar-refractivity contribution in [1.82, 2.24) is 4.98 Å². The summed E-state index contributed by atoms with van der Waals surface area (Å²) < 4.78 is 5.58. The average Bonchev–Trinajstić information content (AvgIpc) is 2.31. The van der Waals surface area contributed by atoms with Crippen molar-refractivity contribution in [3.63, 3.8) is 0 Å². The predicted molar refractivity (Wildman–Crippen MR) is 42.8 cm³/mol. The number of hydrogen-bond acceptors (Lipinski definition) is 2. The van der Waals surface area contributed by atoms with Gasteiger partial charge in [0.25, 0.3) is 0 Å². The minimum atomic E-state index is 0.327. The Balaban J connectivity index is 2.49. The van der Waals surface area contributed by atoms with Crippen LogP contribution in [0.2, 0.25) is 0 Å². The Morgan fingerprint density at radius 1 is 1.64 bits per heavy atom. The van der Waals surface area contributed by atoms with E-state index in [0.717, 1.165) is 17.9 Å². The Morgan fingerprint density at radius 2 is 2.45 bits per heavy atom. The highest BCUT2D eigenvalue weighted by atomic mass is 16.5. The Kier molecular flexibility index (Phi) is 1.34. The molecule has 11 heavy (non-hydrogen) atoms. The third-order valence-electron chi connectivity index (χ3n) is 1.99. The fourth-order valence-electron chi connectivity index (χ4n) is 1.48. The van der Waals surface area contributed by atoms with Crippen LogP contribution in [0, 0.1) is 6.92 Å². The van der Waals surface area contributed by atoms with E-state index in [4.69, 9.17) is 4.74 Å². The molecular weight excluding hydrogens is 138 g/mol. The SMILES string of the molecule is Cc1nccc2c1O[C@@H](C)C2. The quantitative estimate of drug-likeness (QED) is 0.560. The number of nitrogens with zero attached hydrogens (tertiary/aromatic N) is 1. The van der Waals surface area contributed by atoms with Gasteiger partial charge in [0.1, 0.15) is 11.9 Å². The van der Waals surface area contributed by atoms with Gasteiger partial charge in [0, 0.05) is 18.2 Å². The third kappa shape index (κ3) is 0.985. The monoisotopic (exact) mass is 149 g/mol.